The summed E-state index contributed by atoms with van der Waals surface area (Å²) in [6, 6.07) is 5.92. The zero-order valence-electron chi connectivity index (χ0n) is 22.1. The van der Waals surface area contributed by atoms with Gasteiger partial charge in [0.05, 0.1) is 12.5 Å². The number of hydrogen-bond acceptors (Lipinski definition) is 7. The lowest BCUT2D eigenvalue weighted by molar-refractivity contribution is -0.157. The summed E-state index contributed by atoms with van der Waals surface area (Å²) in [5, 5.41) is 21.2. The van der Waals surface area contributed by atoms with Gasteiger partial charge in [0.15, 0.2) is 0 Å². The van der Waals surface area contributed by atoms with Gasteiger partial charge in [-0.2, -0.15) is 0 Å². The minimum atomic E-state index is -1.39. The van der Waals surface area contributed by atoms with Gasteiger partial charge in [-0.05, 0) is 69.2 Å². The summed E-state index contributed by atoms with van der Waals surface area (Å²) in [4.78, 5) is 28.5. The largest absolute Gasteiger partial charge is 0.457 e. The number of aryl methyl sites for hydroxylation is 1. The van der Waals surface area contributed by atoms with Crippen molar-refractivity contribution in [1.29, 1.82) is 0 Å². The highest BCUT2D eigenvalue weighted by Crippen LogP contribution is 2.27. The highest BCUT2D eigenvalue weighted by molar-refractivity contribution is 5.70. The van der Waals surface area contributed by atoms with Gasteiger partial charge in [-0.1, -0.05) is 44.2 Å². The second-order valence-corrected chi connectivity index (χ2v) is 10.1. The number of cyclic esters (lactones) is 1. The molecule has 1 aromatic heterocycles. The van der Waals surface area contributed by atoms with Crippen LogP contribution >= 0.6 is 0 Å². The van der Waals surface area contributed by atoms with Crippen LogP contribution in [0.4, 0.5) is 0 Å². The monoisotopic (exact) mass is 499 g/mol. The molecule has 0 fully saturated rings. The Labute approximate surface area is 214 Å². The van der Waals surface area contributed by atoms with Crippen molar-refractivity contribution in [2.75, 3.05) is 0 Å². The summed E-state index contributed by atoms with van der Waals surface area (Å²) < 4.78 is 11.1. The number of rotatable bonds is 7. The third-order valence-corrected chi connectivity index (χ3v) is 6.45. The van der Waals surface area contributed by atoms with E-state index in [1.54, 1.807) is 25.3 Å². The summed E-state index contributed by atoms with van der Waals surface area (Å²) in [5.74, 6) is -0.920. The number of esters is 2. The summed E-state index contributed by atoms with van der Waals surface area (Å²) in [5.41, 5.74) is 0.523. The first-order valence-electron chi connectivity index (χ1n) is 12.7. The number of aromatic nitrogens is 1. The first-order valence-corrected chi connectivity index (χ1v) is 12.7. The molecule has 1 aliphatic rings. The number of carbonyl (C=O) groups excluding carboxylic acids is 2. The van der Waals surface area contributed by atoms with Crippen molar-refractivity contribution < 1.29 is 29.3 Å². The number of pyridine rings is 1. The van der Waals surface area contributed by atoms with Crippen molar-refractivity contribution in [1.82, 2.24) is 4.98 Å². The quantitative estimate of drug-likeness (QED) is 0.324. The summed E-state index contributed by atoms with van der Waals surface area (Å²) in [7, 11) is 0. The van der Waals surface area contributed by atoms with E-state index in [-0.39, 0.29) is 25.2 Å². The molecule has 2 rings (SSSR count). The van der Waals surface area contributed by atoms with E-state index in [9.17, 15) is 19.8 Å². The smallest absolute Gasteiger partial charge is 0.309 e. The molecule has 36 heavy (non-hydrogen) atoms. The molecule has 2 heterocycles. The maximum atomic E-state index is 12.6. The van der Waals surface area contributed by atoms with Crippen molar-refractivity contribution in [2.45, 2.75) is 90.6 Å². The number of allylic oxidation sites excluding steroid dienone is 3. The maximum absolute atomic E-state index is 12.6. The summed E-state index contributed by atoms with van der Waals surface area (Å²) >= 11 is 0. The molecular weight excluding hydrogens is 458 g/mol. The van der Waals surface area contributed by atoms with Crippen LogP contribution in [-0.4, -0.2) is 51.0 Å². The molecule has 0 aromatic carbocycles. The van der Waals surface area contributed by atoms with Gasteiger partial charge in [-0.3, -0.25) is 14.6 Å². The minimum Gasteiger partial charge on any atom is -0.457 e. The normalized spacial score (nSPS) is 30.1. The molecule has 1 unspecified atom stereocenters. The fraction of sp³-hybridized carbons (Fsp3) is 0.552. The first kappa shape index (κ1) is 29.5. The van der Waals surface area contributed by atoms with E-state index in [0.29, 0.717) is 5.92 Å². The van der Waals surface area contributed by atoms with Crippen LogP contribution in [0.5, 0.6) is 0 Å². The number of nitrogens with zero attached hydrogens (tertiary/aromatic N) is 1. The van der Waals surface area contributed by atoms with Crippen LogP contribution in [0.25, 0.3) is 0 Å². The molecule has 0 saturated carbocycles. The van der Waals surface area contributed by atoms with E-state index in [1.807, 2.05) is 44.2 Å². The average Bonchev–Trinajstić information content (AvgIpc) is 2.82. The van der Waals surface area contributed by atoms with Crippen LogP contribution < -0.4 is 0 Å². The number of carbonyl (C=O) groups is 2. The van der Waals surface area contributed by atoms with Crippen LogP contribution in [0.1, 0.15) is 66.0 Å². The maximum Gasteiger partial charge on any atom is 0.309 e. The van der Waals surface area contributed by atoms with Gasteiger partial charge in [-0.25, -0.2) is 0 Å². The Kier molecular flexibility index (Phi) is 11.5. The van der Waals surface area contributed by atoms with Crippen LogP contribution in [0, 0.1) is 11.8 Å². The Bertz CT molecular complexity index is 936. The van der Waals surface area contributed by atoms with Crippen molar-refractivity contribution in [3.63, 3.8) is 0 Å². The van der Waals surface area contributed by atoms with Crippen LogP contribution in [0.3, 0.4) is 0 Å². The third kappa shape index (κ3) is 10.1. The Morgan fingerprint density at radius 2 is 2.08 bits per heavy atom. The molecule has 0 aliphatic carbocycles. The lowest BCUT2D eigenvalue weighted by Crippen LogP contribution is -2.42. The van der Waals surface area contributed by atoms with Crippen molar-refractivity contribution in [2.24, 2.45) is 11.8 Å². The minimum absolute atomic E-state index is 0.157. The van der Waals surface area contributed by atoms with Crippen molar-refractivity contribution >= 4 is 11.9 Å². The van der Waals surface area contributed by atoms with Gasteiger partial charge in [0.25, 0.3) is 0 Å². The van der Waals surface area contributed by atoms with Crippen LogP contribution in [-0.2, 0) is 25.5 Å². The Balaban J connectivity index is 2.17. The van der Waals surface area contributed by atoms with Crippen LogP contribution in [0.2, 0.25) is 0 Å². The molecule has 198 valence electrons. The molecule has 0 spiro atoms. The molecular formula is C29H41NO6. The van der Waals surface area contributed by atoms with Gasteiger partial charge in [0.1, 0.15) is 17.8 Å². The summed E-state index contributed by atoms with van der Waals surface area (Å²) in [6.45, 7) is 8.79. The number of aliphatic hydroxyl groups is 2. The van der Waals surface area contributed by atoms with Gasteiger partial charge < -0.3 is 19.7 Å². The predicted octanol–water partition coefficient (Wildman–Crippen LogP) is 4.48. The molecule has 0 saturated heterocycles. The molecule has 6 atom stereocenters. The zero-order valence-corrected chi connectivity index (χ0v) is 22.1. The molecule has 1 aromatic rings. The fourth-order valence-corrected chi connectivity index (χ4v) is 4.14. The van der Waals surface area contributed by atoms with Gasteiger partial charge in [-0.15, -0.1) is 0 Å². The summed E-state index contributed by atoms with van der Waals surface area (Å²) in [6.07, 6.45) is 10.9. The Morgan fingerprint density at radius 1 is 1.33 bits per heavy atom. The van der Waals surface area contributed by atoms with E-state index in [0.717, 1.165) is 24.1 Å². The van der Waals surface area contributed by atoms with Gasteiger partial charge in [0.2, 0.25) is 0 Å². The van der Waals surface area contributed by atoms with Crippen molar-refractivity contribution in [3.8, 4) is 0 Å². The lowest BCUT2D eigenvalue weighted by atomic mass is 9.88. The highest BCUT2D eigenvalue weighted by atomic mass is 16.6. The molecule has 7 nitrogen and oxygen atoms in total. The zero-order chi connectivity index (χ0) is 26.7. The van der Waals surface area contributed by atoms with Crippen molar-refractivity contribution in [3.05, 3.63) is 66.0 Å². The number of aliphatic hydroxyl groups excluding tert-OH is 1. The predicted molar refractivity (Wildman–Crippen MR) is 139 cm³/mol. The number of hydrogen-bond donors (Lipinski definition) is 2. The lowest BCUT2D eigenvalue weighted by Gasteiger charge is -2.32. The van der Waals surface area contributed by atoms with E-state index in [2.05, 4.69) is 18.0 Å². The molecule has 0 amide bonds. The molecule has 0 radical (unpaired) electrons. The Hall–Kier alpha value is -2.77. The van der Waals surface area contributed by atoms with Gasteiger partial charge >= 0.3 is 11.9 Å². The SMILES string of the molecule is CC(=O)O[C@@H]1/C=C/[C@H](C)[C@@H](/C(C)=C/C=C/C(C)CCc2ccccn2)OC(=O)C[C@@H](O)CC[C@]1(C)O. The highest BCUT2D eigenvalue weighted by Gasteiger charge is 2.35. The standard InChI is InChI=1S/C29H41NO6/c1-20(12-14-24-11-6-7-18-30-24)9-8-10-21(2)28-22(3)13-15-26(35-23(4)31)29(5,34)17-16-25(32)19-27(33)36-28/h6-11,13,15,18,20,22,25-26,28,32,34H,12,14,16-17,19H2,1-5H3/b9-8+,15-13+,21-10+/t20?,22-,25-,26+,28+,29-/m0/s1. The second-order valence-electron chi connectivity index (χ2n) is 10.1. The van der Waals surface area contributed by atoms with Crippen LogP contribution in [0.15, 0.2) is 60.3 Å². The van der Waals surface area contributed by atoms with E-state index >= 15 is 0 Å². The van der Waals surface area contributed by atoms with Gasteiger partial charge in [0, 0.05) is 24.7 Å². The first-order chi connectivity index (χ1) is 17.0. The molecule has 7 heteroatoms. The molecule has 0 bridgehead atoms. The van der Waals surface area contributed by atoms with E-state index in [4.69, 9.17) is 9.47 Å². The van der Waals surface area contributed by atoms with E-state index < -0.39 is 35.9 Å². The topological polar surface area (TPSA) is 106 Å². The average molecular weight is 500 g/mol. The fourth-order valence-electron chi connectivity index (χ4n) is 4.14. The number of ether oxygens (including phenoxy) is 2. The molecule has 1 aliphatic heterocycles. The van der Waals surface area contributed by atoms with E-state index in [1.165, 1.54) is 6.92 Å². The second kappa shape index (κ2) is 14.1. The Morgan fingerprint density at radius 3 is 2.75 bits per heavy atom. The molecule has 2 N–H and O–H groups in total. The third-order valence-electron chi connectivity index (χ3n) is 6.45.